The maximum Gasteiger partial charge on any atom is 0.235 e. The maximum atomic E-state index is 12.9. The number of nitrogens with one attached hydrogen (secondary N) is 1. The molecule has 5 nitrogen and oxygen atoms in total. The van der Waals surface area contributed by atoms with Gasteiger partial charge in [0.1, 0.15) is 5.82 Å². The zero-order valence-corrected chi connectivity index (χ0v) is 16.7. The number of anilines is 1. The molecule has 1 unspecified atom stereocenters. The second-order valence-electron chi connectivity index (χ2n) is 6.90. The molecule has 1 N–H and O–H groups in total. The zero-order chi connectivity index (χ0) is 18.5. The summed E-state index contributed by atoms with van der Waals surface area (Å²) in [4.78, 5) is 24.1. The highest BCUT2D eigenvalue weighted by molar-refractivity contribution is 8.00. The maximum absolute atomic E-state index is 12.9. The molecule has 1 amide bonds. The lowest BCUT2D eigenvalue weighted by atomic mass is 9.94. The minimum absolute atomic E-state index is 0.170. The molecule has 0 saturated heterocycles. The first-order chi connectivity index (χ1) is 12.6. The number of thioether (sulfide) groups is 1. The molecule has 0 aliphatic heterocycles. The van der Waals surface area contributed by atoms with Crippen LogP contribution >= 0.6 is 11.8 Å². The average molecular weight is 373 g/mol. The fourth-order valence-corrected chi connectivity index (χ4v) is 4.43. The Labute approximate surface area is 160 Å². The average Bonchev–Trinajstić information content (AvgIpc) is 2.67. The third kappa shape index (κ3) is 4.29. The van der Waals surface area contributed by atoms with E-state index in [2.05, 4.69) is 22.2 Å². The molecular weight excluding hydrogens is 344 g/mol. The van der Waals surface area contributed by atoms with Crippen molar-refractivity contribution in [2.24, 2.45) is 0 Å². The van der Waals surface area contributed by atoms with Crippen LogP contribution in [-0.2, 0) is 4.79 Å². The van der Waals surface area contributed by atoms with Crippen LogP contribution in [0.2, 0.25) is 0 Å². The van der Waals surface area contributed by atoms with Gasteiger partial charge in [0.05, 0.1) is 10.8 Å². The predicted octanol–water partition coefficient (Wildman–Crippen LogP) is 4.33. The van der Waals surface area contributed by atoms with Crippen molar-refractivity contribution in [1.29, 1.82) is 0 Å². The fourth-order valence-electron chi connectivity index (χ4n) is 3.55. The number of benzene rings is 1. The summed E-state index contributed by atoms with van der Waals surface area (Å²) in [6.45, 7) is 4.80. The Hall–Kier alpha value is -1.82. The van der Waals surface area contributed by atoms with Crippen LogP contribution in [0.15, 0.2) is 29.4 Å². The van der Waals surface area contributed by atoms with Crippen LogP contribution in [0.1, 0.15) is 46.0 Å². The molecule has 0 bridgehead atoms. The molecule has 1 atom stereocenters. The SMILES string of the molecule is CCNc1nc(SC(C)C(=O)N(C)C2CCCCC2)nc2ccccc12. The van der Waals surface area contributed by atoms with E-state index in [0.717, 1.165) is 36.1 Å². The van der Waals surface area contributed by atoms with E-state index in [-0.39, 0.29) is 11.2 Å². The molecule has 2 aromatic rings. The summed E-state index contributed by atoms with van der Waals surface area (Å²) >= 11 is 1.45. The predicted molar refractivity (Wildman–Crippen MR) is 109 cm³/mol. The first-order valence-electron chi connectivity index (χ1n) is 9.54. The molecule has 6 heteroatoms. The van der Waals surface area contributed by atoms with Crippen LogP contribution in [-0.4, -0.2) is 45.7 Å². The number of aromatic nitrogens is 2. The summed E-state index contributed by atoms with van der Waals surface area (Å²) in [6.07, 6.45) is 5.99. The highest BCUT2D eigenvalue weighted by Gasteiger charge is 2.26. The van der Waals surface area contributed by atoms with E-state index in [0.29, 0.717) is 11.2 Å². The number of fused-ring (bicyclic) bond motifs is 1. The molecule has 1 aliphatic rings. The van der Waals surface area contributed by atoms with Crippen molar-refractivity contribution in [3.63, 3.8) is 0 Å². The van der Waals surface area contributed by atoms with Crippen LogP contribution in [0, 0.1) is 0 Å². The Morgan fingerprint density at radius 1 is 1.27 bits per heavy atom. The molecule has 1 aromatic heterocycles. The lowest BCUT2D eigenvalue weighted by Crippen LogP contribution is -2.42. The molecule has 26 heavy (non-hydrogen) atoms. The number of hydrogen-bond donors (Lipinski definition) is 1. The van der Waals surface area contributed by atoms with Crippen LogP contribution in [0.5, 0.6) is 0 Å². The molecule has 0 spiro atoms. The number of amides is 1. The Bertz CT molecular complexity index is 761. The van der Waals surface area contributed by atoms with Gasteiger partial charge in [-0.3, -0.25) is 4.79 Å². The first-order valence-corrected chi connectivity index (χ1v) is 10.4. The van der Waals surface area contributed by atoms with E-state index >= 15 is 0 Å². The van der Waals surface area contributed by atoms with E-state index in [1.54, 1.807) is 0 Å². The van der Waals surface area contributed by atoms with Crippen LogP contribution in [0.4, 0.5) is 5.82 Å². The number of carbonyl (C=O) groups is 1. The van der Waals surface area contributed by atoms with Gasteiger partial charge in [-0.25, -0.2) is 9.97 Å². The van der Waals surface area contributed by atoms with Gasteiger partial charge in [-0.15, -0.1) is 0 Å². The second kappa shape index (κ2) is 8.71. The van der Waals surface area contributed by atoms with E-state index in [4.69, 9.17) is 0 Å². The summed E-state index contributed by atoms with van der Waals surface area (Å²) in [6, 6.07) is 8.36. The van der Waals surface area contributed by atoms with E-state index in [9.17, 15) is 4.79 Å². The topological polar surface area (TPSA) is 58.1 Å². The van der Waals surface area contributed by atoms with Crippen molar-refractivity contribution in [2.45, 2.75) is 62.4 Å². The van der Waals surface area contributed by atoms with Gasteiger partial charge in [-0.2, -0.15) is 0 Å². The van der Waals surface area contributed by atoms with E-state index < -0.39 is 0 Å². The van der Waals surface area contributed by atoms with Gasteiger partial charge in [0.15, 0.2) is 5.16 Å². The number of nitrogens with zero attached hydrogens (tertiary/aromatic N) is 3. The zero-order valence-electron chi connectivity index (χ0n) is 15.9. The van der Waals surface area contributed by atoms with Crippen molar-refractivity contribution in [1.82, 2.24) is 14.9 Å². The van der Waals surface area contributed by atoms with E-state index in [1.807, 2.05) is 43.1 Å². The summed E-state index contributed by atoms with van der Waals surface area (Å²) in [7, 11) is 1.95. The Morgan fingerprint density at radius 3 is 2.73 bits per heavy atom. The molecular formula is C20H28N4OS. The molecule has 1 fully saturated rings. The van der Waals surface area contributed by atoms with Gasteiger partial charge in [0.2, 0.25) is 5.91 Å². The molecule has 1 aliphatic carbocycles. The van der Waals surface area contributed by atoms with Gasteiger partial charge in [0.25, 0.3) is 0 Å². The van der Waals surface area contributed by atoms with Crippen molar-refractivity contribution >= 4 is 34.4 Å². The lowest BCUT2D eigenvalue weighted by Gasteiger charge is -2.32. The minimum Gasteiger partial charge on any atom is -0.370 e. The van der Waals surface area contributed by atoms with Gasteiger partial charge in [0, 0.05) is 25.0 Å². The second-order valence-corrected chi connectivity index (χ2v) is 8.21. The third-order valence-electron chi connectivity index (χ3n) is 5.03. The number of carbonyl (C=O) groups excluding carboxylic acids is 1. The summed E-state index contributed by atoms with van der Waals surface area (Å²) in [5.74, 6) is 1.00. The largest absolute Gasteiger partial charge is 0.370 e. The normalized spacial score (nSPS) is 16.4. The van der Waals surface area contributed by atoms with Gasteiger partial charge in [-0.1, -0.05) is 43.2 Å². The smallest absolute Gasteiger partial charge is 0.235 e. The number of hydrogen-bond acceptors (Lipinski definition) is 5. The van der Waals surface area contributed by atoms with Gasteiger partial charge >= 0.3 is 0 Å². The monoisotopic (exact) mass is 372 g/mol. The molecule has 1 aromatic carbocycles. The van der Waals surface area contributed by atoms with Crippen molar-refractivity contribution < 1.29 is 4.79 Å². The molecule has 1 saturated carbocycles. The first kappa shape index (κ1) is 19.0. The van der Waals surface area contributed by atoms with Gasteiger partial charge in [-0.05, 0) is 38.8 Å². The fraction of sp³-hybridized carbons (Fsp3) is 0.550. The highest BCUT2D eigenvalue weighted by Crippen LogP contribution is 2.29. The summed E-state index contributed by atoms with van der Waals surface area (Å²) < 4.78 is 0. The van der Waals surface area contributed by atoms with Gasteiger partial charge < -0.3 is 10.2 Å². The summed E-state index contributed by atoms with van der Waals surface area (Å²) in [5.41, 5.74) is 0.904. The Morgan fingerprint density at radius 2 is 2.00 bits per heavy atom. The van der Waals surface area contributed by atoms with Crippen LogP contribution < -0.4 is 5.32 Å². The number of rotatable bonds is 6. The quantitative estimate of drug-likeness (QED) is 0.604. The number of para-hydroxylation sites is 1. The standard InChI is InChI=1S/C20H28N4OS/c1-4-21-18-16-12-8-9-13-17(16)22-20(23-18)26-14(2)19(25)24(3)15-10-6-5-7-11-15/h8-9,12-15H,4-7,10-11H2,1-3H3,(H,21,22,23). The Kier molecular flexibility index (Phi) is 6.35. The van der Waals surface area contributed by atoms with Crippen LogP contribution in [0.3, 0.4) is 0 Å². The molecule has 0 radical (unpaired) electrons. The molecule has 1 heterocycles. The third-order valence-corrected chi connectivity index (χ3v) is 5.98. The van der Waals surface area contributed by atoms with Crippen molar-refractivity contribution in [2.75, 3.05) is 18.9 Å². The molecule has 3 rings (SSSR count). The van der Waals surface area contributed by atoms with E-state index in [1.165, 1.54) is 31.0 Å². The van der Waals surface area contributed by atoms with Crippen LogP contribution in [0.25, 0.3) is 10.9 Å². The lowest BCUT2D eigenvalue weighted by molar-refractivity contribution is -0.131. The molecule has 140 valence electrons. The minimum atomic E-state index is -0.197. The van der Waals surface area contributed by atoms with Crippen molar-refractivity contribution in [3.8, 4) is 0 Å². The van der Waals surface area contributed by atoms with Crippen molar-refractivity contribution in [3.05, 3.63) is 24.3 Å². The highest BCUT2D eigenvalue weighted by atomic mass is 32.2. The summed E-state index contributed by atoms with van der Waals surface area (Å²) in [5, 5.41) is 4.77. The Balaban J connectivity index is 1.75.